The fraction of sp³-hybridized carbons (Fsp3) is 0.471. The Morgan fingerprint density at radius 1 is 1.33 bits per heavy atom. The molecular weight excluding hydrogens is 376 g/mol. The van der Waals surface area contributed by atoms with E-state index in [1.54, 1.807) is 0 Å². The van der Waals surface area contributed by atoms with Gasteiger partial charge in [-0.15, -0.1) is 0 Å². The topological polar surface area (TPSA) is 130 Å². The van der Waals surface area contributed by atoms with Gasteiger partial charge in [-0.05, 0) is 37.5 Å². The Labute approximate surface area is 156 Å². The normalized spacial score (nSPS) is 20.5. The van der Waals surface area contributed by atoms with Gasteiger partial charge in [-0.25, -0.2) is 12.7 Å². The number of hydrogen-bond donors (Lipinski definition) is 2. The summed E-state index contributed by atoms with van der Waals surface area (Å²) in [5.74, 6) is -2.10. The van der Waals surface area contributed by atoms with E-state index < -0.39 is 27.8 Å². The minimum Gasteiger partial charge on any atom is -0.481 e. The maximum Gasteiger partial charge on any atom is 0.303 e. The monoisotopic (exact) mass is 396 g/mol. The van der Waals surface area contributed by atoms with E-state index in [2.05, 4.69) is 5.32 Å². The summed E-state index contributed by atoms with van der Waals surface area (Å²) in [4.78, 5) is 34.9. The molecule has 0 radical (unpaired) electrons. The van der Waals surface area contributed by atoms with E-state index in [1.807, 2.05) is 0 Å². The minimum atomic E-state index is -4.03. The largest absolute Gasteiger partial charge is 0.481 e. The van der Waals surface area contributed by atoms with Gasteiger partial charge in [0.05, 0.1) is 18.2 Å². The number of fused-ring (bicyclic) bond motifs is 1. The quantitative estimate of drug-likeness (QED) is 0.646. The van der Waals surface area contributed by atoms with Crippen LogP contribution in [0, 0.1) is 0 Å². The number of amides is 2. The van der Waals surface area contributed by atoms with Gasteiger partial charge in [-0.1, -0.05) is 0 Å². The molecule has 0 bridgehead atoms. The molecule has 9 nitrogen and oxygen atoms in total. The molecule has 2 aliphatic heterocycles. The summed E-state index contributed by atoms with van der Waals surface area (Å²) in [7, 11) is -4.03. The molecule has 1 unspecified atom stereocenters. The van der Waals surface area contributed by atoms with Crippen molar-refractivity contribution in [2.45, 2.75) is 36.7 Å². The molecule has 146 valence electrons. The van der Waals surface area contributed by atoms with E-state index in [-0.39, 0.29) is 48.1 Å². The first-order chi connectivity index (χ1) is 12.8. The molecule has 10 heteroatoms. The van der Waals surface area contributed by atoms with Gasteiger partial charge in [-0.2, -0.15) is 0 Å². The molecule has 2 aliphatic rings. The molecule has 0 aliphatic carbocycles. The summed E-state index contributed by atoms with van der Waals surface area (Å²) in [6.07, 6.45) is 1.39. The van der Waals surface area contributed by atoms with Crippen LogP contribution in [0.1, 0.15) is 46.4 Å². The van der Waals surface area contributed by atoms with Crippen LogP contribution in [-0.2, 0) is 19.6 Å². The molecular formula is C17H20N2O7S. The van der Waals surface area contributed by atoms with Gasteiger partial charge in [-0.3, -0.25) is 14.4 Å². The predicted molar refractivity (Wildman–Crippen MR) is 92.8 cm³/mol. The van der Waals surface area contributed by atoms with E-state index >= 15 is 0 Å². The highest BCUT2D eigenvalue weighted by atomic mass is 32.2. The van der Waals surface area contributed by atoms with Crippen LogP contribution in [0.5, 0.6) is 0 Å². The summed E-state index contributed by atoms with van der Waals surface area (Å²) >= 11 is 0. The van der Waals surface area contributed by atoms with Crippen molar-refractivity contribution >= 4 is 27.8 Å². The van der Waals surface area contributed by atoms with Crippen LogP contribution in [-0.4, -0.2) is 61.4 Å². The van der Waals surface area contributed by atoms with Crippen LogP contribution in [0.2, 0.25) is 0 Å². The third-order valence-electron chi connectivity index (χ3n) is 4.52. The lowest BCUT2D eigenvalue weighted by Crippen LogP contribution is -2.36. The molecule has 2 N–H and O–H groups in total. The summed E-state index contributed by atoms with van der Waals surface area (Å²) < 4.78 is 31.7. The number of benzene rings is 1. The van der Waals surface area contributed by atoms with Crippen molar-refractivity contribution in [1.82, 2.24) is 9.62 Å². The van der Waals surface area contributed by atoms with Gasteiger partial charge in [0.15, 0.2) is 0 Å². The fourth-order valence-corrected chi connectivity index (χ4v) is 4.74. The number of carboxylic acids is 1. The molecule has 3 rings (SSSR count). The zero-order valence-corrected chi connectivity index (χ0v) is 15.3. The highest BCUT2D eigenvalue weighted by Crippen LogP contribution is 2.32. The van der Waals surface area contributed by atoms with Crippen molar-refractivity contribution in [3.63, 3.8) is 0 Å². The number of nitrogens with zero attached hydrogens (tertiary/aromatic N) is 1. The molecule has 2 amide bonds. The van der Waals surface area contributed by atoms with Crippen molar-refractivity contribution in [3.05, 3.63) is 29.3 Å². The van der Waals surface area contributed by atoms with E-state index in [1.165, 1.54) is 18.2 Å². The maximum absolute atomic E-state index is 12.7. The molecule has 0 saturated carbocycles. The third-order valence-corrected chi connectivity index (χ3v) is 6.30. The van der Waals surface area contributed by atoms with E-state index in [4.69, 9.17) is 9.84 Å². The highest BCUT2D eigenvalue weighted by Gasteiger charge is 2.43. The molecule has 1 aromatic rings. The predicted octanol–water partition coefficient (Wildman–Crippen LogP) is 0.605. The van der Waals surface area contributed by atoms with Gasteiger partial charge in [0.1, 0.15) is 4.90 Å². The number of ether oxygens (including phenoxy) is 1. The fourth-order valence-electron chi connectivity index (χ4n) is 3.11. The van der Waals surface area contributed by atoms with Crippen molar-refractivity contribution in [2.75, 3.05) is 19.7 Å². The third kappa shape index (κ3) is 3.96. The van der Waals surface area contributed by atoms with E-state index in [0.717, 1.165) is 10.7 Å². The first-order valence-corrected chi connectivity index (χ1v) is 10.1. The van der Waals surface area contributed by atoms with Gasteiger partial charge in [0.2, 0.25) is 0 Å². The van der Waals surface area contributed by atoms with E-state index in [9.17, 15) is 22.8 Å². The van der Waals surface area contributed by atoms with Crippen LogP contribution in [0.3, 0.4) is 0 Å². The van der Waals surface area contributed by atoms with Gasteiger partial charge < -0.3 is 15.2 Å². The van der Waals surface area contributed by atoms with Crippen LogP contribution in [0.25, 0.3) is 0 Å². The van der Waals surface area contributed by atoms with Crippen molar-refractivity contribution in [2.24, 2.45) is 0 Å². The van der Waals surface area contributed by atoms with Crippen LogP contribution in [0.4, 0.5) is 0 Å². The smallest absolute Gasteiger partial charge is 0.303 e. The summed E-state index contributed by atoms with van der Waals surface area (Å²) in [6, 6.07) is 3.90. The summed E-state index contributed by atoms with van der Waals surface area (Å²) in [5.41, 5.74) is 0.134. The van der Waals surface area contributed by atoms with Crippen molar-refractivity contribution < 1.29 is 32.6 Å². The second-order valence-electron chi connectivity index (χ2n) is 6.44. The number of aliphatic carboxylic acids is 1. The molecule has 1 fully saturated rings. The van der Waals surface area contributed by atoms with Crippen LogP contribution < -0.4 is 5.32 Å². The van der Waals surface area contributed by atoms with E-state index in [0.29, 0.717) is 13.0 Å². The average molecular weight is 396 g/mol. The second-order valence-corrected chi connectivity index (χ2v) is 8.27. The van der Waals surface area contributed by atoms with Crippen molar-refractivity contribution in [1.29, 1.82) is 0 Å². The maximum atomic E-state index is 12.7. The molecule has 1 aromatic carbocycles. The second kappa shape index (κ2) is 7.65. The molecule has 27 heavy (non-hydrogen) atoms. The Morgan fingerprint density at radius 2 is 2.11 bits per heavy atom. The first kappa shape index (κ1) is 19.3. The molecule has 1 atom stereocenters. The SMILES string of the molecule is O=C(O)CCCNC(=O)c1ccc2c(c1)S(=O)(=O)N(CC1CCCO1)C2=O. The van der Waals surface area contributed by atoms with Crippen LogP contribution in [0.15, 0.2) is 23.1 Å². The van der Waals surface area contributed by atoms with Gasteiger partial charge >= 0.3 is 5.97 Å². The zero-order chi connectivity index (χ0) is 19.6. The number of carbonyl (C=O) groups is 3. The number of hydrogen-bond acceptors (Lipinski definition) is 6. The molecule has 0 spiro atoms. The molecule has 2 heterocycles. The Hall–Kier alpha value is -2.46. The number of sulfonamides is 1. The minimum absolute atomic E-state index is 0.0352. The first-order valence-electron chi connectivity index (χ1n) is 8.63. The number of carboxylic acid groups (broad SMARTS) is 1. The molecule has 1 saturated heterocycles. The standard InChI is InChI=1S/C17H20N2O7S/c20-15(21)4-1-7-18-16(22)11-5-6-13-14(9-11)27(24,25)19(17(13)23)10-12-3-2-8-26-12/h5-6,9,12H,1-4,7-8,10H2,(H,18,22)(H,20,21). The highest BCUT2D eigenvalue weighted by molar-refractivity contribution is 7.90. The number of rotatable bonds is 7. The average Bonchev–Trinajstić information content (AvgIpc) is 3.20. The van der Waals surface area contributed by atoms with Crippen LogP contribution >= 0.6 is 0 Å². The van der Waals surface area contributed by atoms with Gasteiger partial charge in [0, 0.05) is 25.1 Å². The lowest BCUT2D eigenvalue weighted by molar-refractivity contribution is -0.137. The summed E-state index contributed by atoms with van der Waals surface area (Å²) in [6.45, 7) is 0.664. The Kier molecular flexibility index (Phi) is 5.47. The zero-order valence-electron chi connectivity index (χ0n) is 14.5. The number of carbonyl (C=O) groups excluding carboxylic acids is 2. The number of nitrogens with one attached hydrogen (secondary N) is 1. The Bertz CT molecular complexity index is 875. The Balaban J connectivity index is 1.74. The lowest BCUT2D eigenvalue weighted by Gasteiger charge is -2.18. The summed E-state index contributed by atoms with van der Waals surface area (Å²) in [5, 5.41) is 11.1. The Morgan fingerprint density at radius 3 is 2.78 bits per heavy atom. The van der Waals surface area contributed by atoms with Crippen molar-refractivity contribution in [3.8, 4) is 0 Å². The van der Waals surface area contributed by atoms with Gasteiger partial charge in [0.25, 0.3) is 21.8 Å². The lowest BCUT2D eigenvalue weighted by atomic mass is 10.1. The molecule has 0 aromatic heterocycles.